The molecule has 0 aliphatic carbocycles. The Labute approximate surface area is 147 Å². The van der Waals surface area contributed by atoms with Gasteiger partial charge in [0.05, 0.1) is 28.3 Å². The number of amides is 1. The summed E-state index contributed by atoms with van der Waals surface area (Å²) >= 11 is 5.88. The van der Waals surface area contributed by atoms with Crippen molar-refractivity contribution in [2.75, 3.05) is 6.61 Å². The third-order valence-electron chi connectivity index (χ3n) is 3.07. The second-order valence-corrected chi connectivity index (χ2v) is 5.19. The first-order valence-corrected chi connectivity index (χ1v) is 7.53. The van der Waals surface area contributed by atoms with Crippen molar-refractivity contribution < 1.29 is 19.6 Å². The molecule has 0 saturated carbocycles. The normalized spacial score (nSPS) is 10.6. The standard InChI is InChI=1S/C16H14ClN3O5/c1-2-25-15-7-10(3-6-14(15)21)9-18-19-16(22)12-5-4-11(20(23)24)8-13(12)17/h3-9,21H,2H2,1H3,(H,19,22)/b18-9+. The van der Waals surface area contributed by atoms with Crippen LogP contribution in [-0.2, 0) is 0 Å². The first kappa shape index (κ1) is 18.2. The Bertz CT molecular complexity index is 839. The predicted molar refractivity (Wildman–Crippen MR) is 92.4 cm³/mol. The van der Waals surface area contributed by atoms with Gasteiger partial charge < -0.3 is 9.84 Å². The van der Waals surface area contributed by atoms with Crippen LogP contribution in [0.25, 0.3) is 0 Å². The van der Waals surface area contributed by atoms with E-state index in [-0.39, 0.29) is 22.0 Å². The van der Waals surface area contributed by atoms with Gasteiger partial charge in [-0.1, -0.05) is 11.6 Å². The number of halogens is 1. The van der Waals surface area contributed by atoms with Crippen molar-refractivity contribution in [1.82, 2.24) is 5.43 Å². The molecular formula is C16H14ClN3O5. The number of carbonyl (C=O) groups is 1. The lowest BCUT2D eigenvalue weighted by Gasteiger charge is -2.06. The van der Waals surface area contributed by atoms with Crippen LogP contribution in [0, 0.1) is 10.1 Å². The smallest absolute Gasteiger partial charge is 0.272 e. The van der Waals surface area contributed by atoms with Crippen molar-refractivity contribution >= 4 is 29.4 Å². The van der Waals surface area contributed by atoms with E-state index in [2.05, 4.69) is 10.5 Å². The van der Waals surface area contributed by atoms with Crippen molar-refractivity contribution in [1.29, 1.82) is 0 Å². The maximum absolute atomic E-state index is 12.0. The van der Waals surface area contributed by atoms with Gasteiger partial charge in [0, 0.05) is 12.1 Å². The fourth-order valence-electron chi connectivity index (χ4n) is 1.91. The van der Waals surface area contributed by atoms with E-state index in [1.54, 1.807) is 19.1 Å². The van der Waals surface area contributed by atoms with Crippen molar-refractivity contribution in [2.45, 2.75) is 6.92 Å². The van der Waals surface area contributed by atoms with E-state index in [9.17, 15) is 20.0 Å². The number of hydrogen-bond donors (Lipinski definition) is 2. The summed E-state index contributed by atoms with van der Waals surface area (Å²) in [5, 5.41) is 24.0. The average Bonchev–Trinajstić information content (AvgIpc) is 2.57. The summed E-state index contributed by atoms with van der Waals surface area (Å²) in [5.74, 6) is -0.308. The molecule has 130 valence electrons. The molecule has 0 spiro atoms. The Balaban J connectivity index is 2.08. The number of non-ortho nitro benzene ring substituents is 1. The Morgan fingerprint density at radius 3 is 2.80 bits per heavy atom. The Morgan fingerprint density at radius 1 is 1.40 bits per heavy atom. The molecule has 0 unspecified atom stereocenters. The Morgan fingerprint density at radius 2 is 2.16 bits per heavy atom. The van der Waals surface area contributed by atoms with Crippen LogP contribution in [0.15, 0.2) is 41.5 Å². The third-order valence-corrected chi connectivity index (χ3v) is 3.38. The van der Waals surface area contributed by atoms with Gasteiger partial charge in [-0.3, -0.25) is 14.9 Å². The van der Waals surface area contributed by atoms with Gasteiger partial charge in [0.1, 0.15) is 0 Å². The van der Waals surface area contributed by atoms with Crippen molar-refractivity contribution in [3.05, 3.63) is 62.7 Å². The summed E-state index contributed by atoms with van der Waals surface area (Å²) in [6.45, 7) is 2.18. The minimum atomic E-state index is -0.611. The molecule has 0 radical (unpaired) electrons. The van der Waals surface area contributed by atoms with E-state index in [1.807, 2.05) is 0 Å². The lowest BCUT2D eigenvalue weighted by molar-refractivity contribution is -0.384. The van der Waals surface area contributed by atoms with Crippen LogP contribution in [0.1, 0.15) is 22.8 Å². The zero-order chi connectivity index (χ0) is 18.4. The second-order valence-electron chi connectivity index (χ2n) is 4.78. The molecule has 9 heteroatoms. The summed E-state index contributed by atoms with van der Waals surface area (Å²) in [4.78, 5) is 22.1. The summed E-state index contributed by atoms with van der Waals surface area (Å²) in [5.41, 5.74) is 2.72. The van der Waals surface area contributed by atoms with Crippen LogP contribution in [-0.4, -0.2) is 28.8 Å². The van der Waals surface area contributed by atoms with E-state index >= 15 is 0 Å². The molecular weight excluding hydrogens is 350 g/mol. The number of hydrazone groups is 1. The van der Waals surface area contributed by atoms with Gasteiger partial charge in [0.15, 0.2) is 11.5 Å². The molecule has 0 aliphatic rings. The van der Waals surface area contributed by atoms with Gasteiger partial charge in [0.2, 0.25) is 0 Å². The first-order chi connectivity index (χ1) is 11.9. The lowest BCUT2D eigenvalue weighted by atomic mass is 10.2. The summed E-state index contributed by atoms with van der Waals surface area (Å²) in [6, 6.07) is 8.12. The maximum atomic E-state index is 12.0. The number of hydrogen-bond acceptors (Lipinski definition) is 6. The molecule has 2 aromatic rings. The van der Waals surface area contributed by atoms with Crippen LogP contribution in [0.3, 0.4) is 0 Å². The van der Waals surface area contributed by atoms with Crippen LogP contribution in [0.2, 0.25) is 5.02 Å². The van der Waals surface area contributed by atoms with E-state index in [0.717, 1.165) is 6.07 Å². The van der Waals surface area contributed by atoms with Crippen molar-refractivity contribution in [3.8, 4) is 11.5 Å². The Hall–Kier alpha value is -3.13. The topological polar surface area (TPSA) is 114 Å². The molecule has 0 atom stereocenters. The fraction of sp³-hybridized carbons (Fsp3) is 0.125. The van der Waals surface area contributed by atoms with E-state index < -0.39 is 10.8 Å². The first-order valence-electron chi connectivity index (χ1n) is 7.15. The molecule has 2 N–H and O–H groups in total. The van der Waals surface area contributed by atoms with Gasteiger partial charge in [-0.05, 0) is 36.8 Å². The van der Waals surface area contributed by atoms with Gasteiger partial charge in [-0.25, -0.2) is 5.43 Å². The number of phenolic OH excluding ortho intramolecular Hbond substituents is 1. The molecule has 1 amide bonds. The second kappa shape index (κ2) is 8.11. The van der Waals surface area contributed by atoms with Crippen LogP contribution >= 0.6 is 11.6 Å². The van der Waals surface area contributed by atoms with Crippen LogP contribution in [0.5, 0.6) is 11.5 Å². The van der Waals surface area contributed by atoms with Crippen molar-refractivity contribution in [2.24, 2.45) is 5.10 Å². The maximum Gasteiger partial charge on any atom is 0.272 e. The number of aromatic hydroxyl groups is 1. The highest BCUT2D eigenvalue weighted by Gasteiger charge is 2.14. The zero-order valence-corrected chi connectivity index (χ0v) is 13.9. The molecule has 0 bridgehead atoms. The van der Waals surface area contributed by atoms with Crippen LogP contribution < -0.4 is 10.2 Å². The SMILES string of the molecule is CCOc1cc(/C=N/NC(=O)c2ccc([N+](=O)[O-])cc2Cl)ccc1O. The number of nitro groups is 1. The van der Waals surface area contributed by atoms with E-state index in [1.165, 1.54) is 24.4 Å². The number of nitrogens with one attached hydrogen (secondary N) is 1. The predicted octanol–water partition coefficient (Wildman–Crippen LogP) is 3.12. The molecule has 8 nitrogen and oxygen atoms in total. The number of rotatable bonds is 6. The largest absolute Gasteiger partial charge is 0.504 e. The molecule has 0 aliphatic heterocycles. The lowest BCUT2D eigenvalue weighted by Crippen LogP contribution is -2.18. The number of nitro benzene ring substituents is 1. The number of ether oxygens (including phenoxy) is 1. The highest BCUT2D eigenvalue weighted by atomic mass is 35.5. The number of phenols is 1. The number of nitrogens with zero attached hydrogens (tertiary/aromatic N) is 2. The zero-order valence-electron chi connectivity index (χ0n) is 13.1. The quantitative estimate of drug-likeness (QED) is 0.465. The minimum Gasteiger partial charge on any atom is -0.504 e. The minimum absolute atomic E-state index is 0.000646. The van der Waals surface area contributed by atoms with Gasteiger partial charge in [-0.15, -0.1) is 0 Å². The number of carbonyl (C=O) groups excluding carboxylic acids is 1. The van der Waals surface area contributed by atoms with Gasteiger partial charge in [0.25, 0.3) is 11.6 Å². The number of benzene rings is 2. The van der Waals surface area contributed by atoms with Gasteiger partial charge in [-0.2, -0.15) is 5.10 Å². The highest BCUT2D eigenvalue weighted by molar-refractivity contribution is 6.34. The van der Waals surface area contributed by atoms with E-state index in [0.29, 0.717) is 17.9 Å². The molecule has 2 rings (SSSR count). The molecule has 2 aromatic carbocycles. The fourth-order valence-corrected chi connectivity index (χ4v) is 2.17. The monoisotopic (exact) mass is 363 g/mol. The van der Waals surface area contributed by atoms with Gasteiger partial charge >= 0.3 is 0 Å². The molecule has 0 aromatic heterocycles. The summed E-state index contributed by atoms with van der Waals surface area (Å²) < 4.78 is 5.25. The Kier molecular flexibility index (Phi) is 5.91. The summed E-state index contributed by atoms with van der Waals surface area (Å²) in [7, 11) is 0. The summed E-state index contributed by atoms with van der Waals surface area (Å²) in [6.07, 6.45) is 1.36. The highest BCUT2D eigenvalue weighted by Crippen LogP contribution is 2.26. The third kappa shape index (κ3) is 4.67. The van der Waals surface area contributed by atoms with Crippen LogP contribution in [0.4, 0.5) is 5.69 Å². The molecule has 0 heterocycles. The van der Waals surface area contributed by atoms with E-state index in [4.69, 9.17) is 16.3 Å². The average molecular weight is 364 g/mol. The molecule has 25 heavy (non-hydrogen) atoms. The molecule has 0 fully saturated rings. The van der Waals surface area contributed by atoms with Crippen molar-refractivity contribution in [3.63, 3.8) is 0 Å². The molecule has 0 saturated heterocycles.